The third-order valence-electron chi connectivity index (χ3n) is 4.29. The molecule has 2 rings (SSSR count). The Morgan fingerprint density at radius 1 is 1.21 bits per heavy atom. The molecule has 0 amide bonds. The van der Waals surface area contributed by atoms with E-state index in [9.17, 15) is 0 Å². The first-order chi connectivity index (χ1) is 8.97. The molecular weight excluding hydrogens is 252 g/mol. The summed E-state index contributed by atoms with van der Waals surface area (Å²) in [6, 6.07) is 4.21. The summed E-state index contributed by atoms with van der Waals surface area (Å²) in [5, 5.41) is 3.83. The lowest BCUT2D eigenvalue weighted by molar-refractivity contribution is 0.157. The van der Waals surface area contributed by atoms with Crippen LogP contribution in [-0.2, 0) is 0 Å². The summed E-state index contributed by atoms with van der Waals surface area (Å²) in [6.07, 6.45) is 2.56. The molecule has 19 heavy (non-hydrogen) atoms. The van der Waals surface area contributed by atoms with Crippen LogP contribution in [0.1, 0.15) is 55.0 Å². The molecular formula is C16H28N2S. The van der Waals surface area contributed by atoms with E-state index in [0.717, 1.165) is 0 Å². The number of likely N-dealkylation sites (tertiary alicyclic amines) is 1. The van der Waals surface area contributed by atoms with Crippen molar-refractivity contribution in [3.05, 3.63) is 21.4 Å². The molecule has 2 heterocycles. The quantitative estimate of drug-likeness (QED) is 0.900. The Hall–Kier alpha value is -0.380. The zero-order chi connectivity index (χ0) is 14.0. The molecule has 3 heteroatoms. The summed E-state index contributed by atoms with van der Waals surface area (Å²) in [5.41, 5.74) is 1.49. The minimum absolute atomic E-state index is 0.487. The van der Waals surface area contributed by atoms with Gasteiger partial charge in [0.25, 0.3) is 0 Å². The lowest BCUT2D eigenvalue weighted by atomic mass is 10.0. The molecule has 2 nitrogen and oxygen atoms in total. The number of aryl methyl sites for hydroxylation is 2. The van der Waals surface area contributed by atoms with E-state index >= 15 is 0 Å². The number of hydrogen-bond donors (Lipinski definition) is 1. The van der Waals surface area contributed by atoms with Crippen molar-refractivity contribution in [2.45, 2.75) is 65.6 Å². The van der Waals surface area contributed by atoms with Gasteiger partial charge in [-0.05, 0) is 72.2 Å². The van der Waals surface area contributed by atoms with Crippen LogP contribution >= 0.6 is 11.3 Å². The third kappa shape index (κ3) is 3.80. The van der Waals surface area contributed by atoms with Crippen LogP contribution in [0.2, 0.25) is 0 Å². The second kappa shape index (κ2) is 6.38. The van der Waals surface area contributed by atoms with Crippen LogP contribution in [0.3, 0.4) is 0 Å². The van der Waals surface area contributed by atoms with Gasteiger partial charge in [-0.15, -0.1) is 11.3 Å². The molecule has 1 unspecified atom stereocenters. The Kier molecular flexibility index (Phi) is 5.04. The Labute approximate surface area is 122 Å². The molecule has 1 atom stereocenters. The van der Waals surface area contributed by atoms with Gasteiger partial charge in [-0.3, -0.25) is 0 Å². The highest BCUT2D eigenvalue weighted by atomic mass is 32.1. The average Bonchev–Trinajstić information content (AvgIpc) is 2.69. The van der Waals surface area contributed by atoms with E-state index < -0.39 is 0 Å². The van der Waals surface area contributed by atoms with E-state index in [4.69, 9.17) is 0 Å². The van der Waals surface area contributed by atoms with E-state index in [-0.39, 0.29) is 0 Å². The number of piperidine rings is 1. The monoisotopic (exact) mass is 280 g/mol. The van der Waals surface area contributed by atoms with Gasteiger partial charge in [-0.2, -0.15) is 0 Å². The Morgan fingerprint density at radius 2 is 1.84 bits per heavy atom. The largest absolute Gasteiger partial charge is 0.307 e. The van der Waals surface area contributed by atoms with Gasteiger partial charge in [0, 0.05) is 27.9 Å². The molecule has 1 aromatic rings. The van der Waals surface area contributed by atoms with Gasteiger partial charge < -0.3 is 10.2 Å². The van der Waals surface area contributed by atoms with E-state index in [1.165, 1.54) is 41.2 Å². The minimum Gasteiger partial charge on any atom is -0.307 e. The van der Waals surface area contributed by atoms with Gasteiger partial charge in [0.1, 0.15) is 0 Å². The van der Waals surface area contributed by atoms with Crippen molar-refractivity contribution in [1.82, 2.24) is 10.2 Å². The summed E-state index contributed by atoms with van der Waals surface area (Å²) >= 11 is 1.92. The topological polar surface area (TPSA) is 15.3 Å². The summed E-state index contributed by atoms with van der Waals surface area (Å²) in [4.78, 5) is 5.48. The van der Waals surface area contributed by atoms with E-state index in [2.05, 4.69) is 50.9 Å². The molecule has 1 aliphatic rings. The van der Waals surface area contributed by atoms with Crippen molar-refractivity contribution in [2.75, 3.05) is 13.1 Å². The maximum atomic E-state index is 3.83. The average molecular weight is 280 g/mol. The van der Waals surface area contributed by atoms with Crippen molar-refractivity contribution in [1.29, 1.82) is 0 Å². The molecule has 1 saturated heterocycles. The Balaban J connectivity index is 1.87. The highest BCUT2D eigenvalue weighted by Crippen LogP contribution is 2.27. The maximum Gasteiger partial charge on any atom is 0.0305 e. The number of nitrogens with one attached hydrogen (secondary N) is 1. The highest BCUT2D eigenvalue weighted by molar-refractivity contribution is 7.12. The van der Waals surface area contributed by atoms with Crippen molar-refractivity contribution in [3.8, 4) is 0 Å². The fourth-order valence-electron chi connectivity index (χ4n) is 3.11. The molecule has 0 saturated carbocycles. The van der Waals surface area contributed by atoms with Crippen LogP contribution in [0.15, 0.2) is 6.07 Å². The molecule has 1 N–H and O–H groups in total. The maximum absolute atomic E-state index is 3.83. The van der Waals surface area contributed by atoms with Crippen LogP contribution in [0.5, 0.6) is 0 Å². The normalized spacial score (nSPS) is 20.1. The molecule has 0 aromatic carbocycles. The van der Waals surface area contributed by atoms with Gasteiger partial charge >= 0.3 is 0 Å². The van der Waals surface area contributed by atoms with Gasteiger partial charge in [0.2, 0.25) is 0 Å². The zero-order valence-corrected chi connectivity index (χ0v) is 13.8. The lowest BCUT2D eigenvalue weighted by Gasteiger charge is -2.36. The summed E-state index contributed by atoms with van der Waals surface area (Å²) in [5.74, 6) is 0. The predicted octanol–water partition coefficient (Wildman–Crippen LogP) is 3.89. The first kappa shape index (κ1) is 15.0. The van der Waals surface area contributed by atoms with Crippen molar-refractivity contribution >= 4 is 11.3 Å². The second-order valence-corrected chi connectivity index (χ2v) is 7.62. The third-order valence-corrected chi connectivity index (χ3v) is 5.27. The molecule has 0 radical (unpaired) electrons. The fraction of sp³-hybridized carbons (Fsp3) is 0.750. The van der Waals surface area contributed by atoms with Gasteiger partial charge in [-0.25, -0.2) is 0 Å². The smallest absolute Gasteiger partial charge is 0.0305 e. The first-order valence-electron chi connectivity index (χ1n) is 7.54. The second-order valence-electron chi connectivity index (χ2n) is 6.16. The lowest BCUT2D eigenvalue weighted by Crippen LogP contribution is -2.45. The summed E-state index contributed by atoms with van der Waals surface area (Å²) < 4.78 is 0. The predicted molar refractivity (Wildman–Crippen MR) is 85.1 cm³/mol. The van der Waals surface area contributed by atoms with Gasteiger partial charge in [-0.1, -0.05) is 0 Å². The van der Waals surface area contributed by atoms with E-state index in [0.29, 0.717) is 18.1 Å². The molecule has 1 aromatic heterocycles. The van der Waals surface area contributed by atoms with Crippen LogP contribution in [-0.4, -0.2) is 30.1 Å². The molecule has 0 spiro atoms. The van der Waals surface area contributed by atoms with E-state index in [1.807, 2.05) is 11.3 Å². The number of rotatable bonds is 4. The number of thiophene rings is 1. The zero-order valence-electron chi connectivity index (χ0n) is 13.0. The van der Waals surface area contributed by atoms with E-state index in [1.54, 1.807) is 0 Å². The van der Waals surface area contributed by atoms with Crippen LogP contribution in [0, 0.1) is 13.8 Å². The van der Waals surface area contributed by atoms with Crippen LogP contribution < -0.4 is 5.32 Å². The number of nitrogens with zero attached hydrogens (tertiary/aromatic N) is 1. The standard InChI is InChI=1S/C16H28N2S/c1-11(2)18-8-6-15(7-9-18)17-13(4)16-10-12(3)19-14(16)5/h10-11,13,15,17H,6-9H2,1-5H3. The molecule has 1 fully saturated rings. The minimum atomic E-state index is 0.487. The molecule has 1 aliphatic heterocycles. The summed E-state index contributed by atoms with van der Waals surface area (Å²) in [7, 11) is 0. The van der Waals surface area contributed by atoms with Crippen LogP contribution in [0.4, 0.5) is 0 Å². The fourth-order valence-corrected chi connectivity index (χ4v) is 4.13. The van der Waals surface area contributed by atoms with Crippen molar-refractivity contribution in [3.63, 3.8) is 0 Å². The Morgan fingerprint density at radius 3 is 2.32 bits per heavy atom. The number of hydrogen-bond acceptors (Lipinski definition) is 3. The first-order valence-corrected chi connectivity index (χ1v) is 8.36. The Bertz CT molecular complexity index is 403. The van der Waals surface area contributed by atoms with Crippen LogP contribution in [0.25, 0.3) is 0 Å². The SMILES string of the molecule is Cc1cc(C(C)NC2CCN(C(C)C)CC2)c(C)s1. The molecule has 0 bridgehead atoms. The van der Waals surface area contributed by atoms with Gasteiger partial charge in [0.05, 0.1) is 0 Å². The molecule has 108 valence electrons. The summed E-state index contributed by atoms with van der Waals surface area (Å²) in [6.45, 7) is 13.8. The molecule has 0 aliphatic carbocycles. The highest BCUT2D eigenvalue weighted by Gasteiger charge is 2.22. The van der Waals surface area contributed by atoms with Crippen molar-refractivity contribution in [2.24, 2.45) is 0 Å². The van der Waals surface area contributed by atoms with Gasteiger partial charge in [0.15, 0.2) is 0 Å². The van der Waals surface area contributed by atoms with Crippen molar-refractivity contribution < 1.29 is 0 Å².